The molecule has 5 heteroatoms. The lowest BCUT2D eigenvalue weighted by molar-refractivity contribution is -0.185. The number of ether oxygens (including phenoxy) is 2. The van der Waals surface area contributed by atoms with Crippen LogP contribution in [0, 0.1) is 34.5 Å². The molecule has 0 unspecified atom stereocenters. The number of ketones is 1. The normalized spacial score (nSPS) is 44.8. The van der Waals surface area contributed by atoms with Crippen LogP contribution in [-0.4, -0.2) is 29.9 Å². The molecule has 4 aliphatic rings. The Balaban J connectivity index is 1.64. The highest BCUT2D eigenvalue weighted by atomic mass is 16.5. The summed E-state index contributed by atoms with van der Waals surface area (Å²) in [4.78, 5) is 35.9. The van der Waals surface area contributed by atoms with Gasteiger partial charge in [-0.1, -0.05) is 19.9 Å². The lowest BCUT2D eigenvalue weighted by Crippen LogP contribution is -2.59. The predicted molar refractivity (Wildman–Crippen MR) is 112 cm³/mol. The maximum Gasteiger partial charge on any atom is 0.302 e. The lowest BCUT2D eigenvalue weighted by atomic mass is 9.44. The SMILES string of the molecule is CC(=O)O[C@H]1CC[C@@]2(C)[C@@H](CC[C@@H]3[C@@H]2C[C@H](OC(C)=O)[C@]2(C)C(C(C)=O)=CC[C@@H]32)C1. The molecule has 0 radical (unpaired) electrons. The fraction of sp³-hybridized carbons (Fsp3) is 0.800. The van der Waals surface area contributed by atoms with Crippen LogP contribution in [0.2, 0.25) is 0 Å². The Bertz CT molecular complexity index is 784. The number of rotatable bonds is 3. The van der Waals surface area contributed by atoms with Crippen LogP contribution in [0.3, 0.4) is 0 Å². The third-order valence-electron chi connectivity index (χ3n) is 9.30. The number of carbonyl (C=O) groups excluding carboxylic acids is 3. The molecule has 0 aromatic rings. The van der Waals surface area contributed by atoms with Gasteiger partial charge in [0, 0.05) is 24.8 Å². The fourth-order valence-electron chi connectivity index (χ4n) is 7.98. The van der Waals surface area contributed by atoms with E-state index in [2.05, 4.69) is 19.9 Å². The second-order valence-electron chi connectivity index (χ2n) is 10.7. The topological polar surface area (TPSA) is 69.7 Å². The maximum absolute atomic E-state index is 12.5. The van der Waals surface area contributed by atoms with E-state index in [1.165, 1.54) is 13.8 Å². The van der Waals surface area contributed by atoms with E-state index in [1.54, 1.807) is 6.92 Å². The highest BCUT2D eigenvalue weighted by Crippen LogP contribution is 2.67. The summed E-state index contributed by atoms with van der Waals surface area (Å²) < 4.78 is 11.5. The van der Waals surface area contributed by atoms with E-state index in [-0.39, 0.29) is 40.8 Å². The molecule has 4 aliphatic carbocycles. The van der Waals surface area contributed by atoms with Gasteiger partial charge in [0.15, 0.2) is 5.78 Å². The third kappa shape index (κ3) is 3.23. The minimum atomic E-state index is -0.378. The summed E-state index contributed by atoms with van der Waals surface area (Å²) in [6.07, 6.45) is 8.82. The van der Waals surface area contributed by atoms with Gasteiger partial charge in [-0.25, -0.2) is 0 Å². The first-order valence-electron chi connectivity index (χ1n) is 11.6. The van der Waals surface area contributed by atoms with E-state index in [4.69, 9.17) is 9.47 Å². The third-order valence-corrected chi connectivity index (χ3v) is 9.30. The summed E-state index contributed by atoms with van der Waals surface area (Å²) in [5, 5.41) is 0. The van der Waals surface area contributed by atoms with Crippen molar-refractivity contribution in [1.82, 2.24) is 0 Å². The van der Waals surface area contributed by atoms with E-state index in [0.717, 1.165) is 50.5 Å². The van der Waals surface area contributed by atoms with Crippen molar-refractivity contribution in [1.29, 1.82) is 0 Å². The number of esters is 2. The van der Waals surface area contributed by atoms with Crippen LogP contribution in [0.4, 0.5) is 0 Å². The van der Waals surface area contributed by atoms with Crippen molar-refractivity contribution >= 4 is 17.7 Å². The highest BCUT2D eigenvalue weighted by Gasteiger charge is 2.63. The molecular weight excluding hydrogens is 380 g/mol. The van der Waals surface area contributed by atoms with Gasteiger partial charge in [-0.15, -0.1) is 0 Å². The summed E-state index contributed by atoms with van der Waals surface area (Å²) in [6, 6.07) is 0. The summed E-state index contributed by atoms with van der Waals surface area (Å²) in [7, 11) is 0. The van der Waals surface area contributed by atoms with Crippen molar-refractivity contribution in [2.45, 2.75) is 91.8 Å². The molecule has 30 heavy (non-hydrogen) atoms. The molecular formula is C25H36O5. The average Bonchev–Trinajstić information content (AvgIpc) is 3.01. The molecule has 5 nitrogen and oxygen atoms in total. The van der Waals surface area contributed by atoms with Gasteiger partial charge in [0.2, 0.25) is 0 Å². The molecule has 0 amide bonds. The fourth-order valence-corrected chi connectivity index (χ4v) is 7.98. The van der Waals surface area contributed by atoms with Gasteiger partial charge in [0.1, 0.15) is 12.2 Å². The van der Waals surface area contributed by atoms with Gasteiger partial charge in [-0.2, -0.15) is 0 Å². The Hall–Kier alpha value is -1.65. The van der Waals surface area contributed by atoms with Crippen molar-refractivity contribution < 1.29 is 23.9 Å². The quantitative estimate of drug-likeness (QED) is 0.628. The first-order chi connectivity index (χ1) is 14.1. The van der Waals surface area contributed by atoms with Crippen LogP contribution in [0.5, 0.6) is 0 Å². The highest BCUT2D eigenvalue weighted by molar-refractivity contribution is 5.95. The molecule has 0 N–H and O–H groups in total. The number of fused-ring (bicyclic) bond motifs is 5. The van der Waals surface area contributed by atoms with Crippen molar-refractivity contribution in [2.24, 2.45) is 34.5 Å². The predicted octanol–water partition coefficient (Wildman–Crippen LogP) is 4.63. The number of hydrogen-bond acceptors (Lipinski definition) is 5. The number of hydrogen-bond donors (Lipinski definition) is 0. The molecule has 0 heterocycles. The smallest absolute Gasteiger partial charge is 0.302 e. The van der Waals surface area contributed by atoms with E-state index in [0.29, 0.717) is 23.7 Å². The van der Waals surface area contributed by atoms with Crippen LogP contribution in [-0.2, 0) is 23.9 Å². The van der Waals surface area contributed by atoms with Gasteiger partial charge in [0.25, 0.3) is 0 Å². The minimum Gasteiger partial charge on any atom is -0.463 e. The Morgan fingerprint density at radius 1 is 0.933 bits per heavy atom. The molecule has 0 spiro atoms. The van der Waals surface area contributed by atoms with Crippen molar-refractivity contribution in [3.8, 4) is 0 Å². The van der Waals surface area contributed by atoms with Crippen LogP contribution < -0.4 is 0 Å². The van der Waals surface area contributed by atoms with Gasteiger partial charge in [-0.3, -0.25) is 14.4 Å². The molecule has 8 atom stereocenters. The molecule has 3 saturated carbocycles. The Labute approximate surface area is 179 Å². The Morgan fingerprint density at radius 3 is 2.27 bits per heavy atom. The second kappa shape index (κ2) is 7.49. The summed E-state index contributed by atoms with van der Waals surface area (Å²) >= 11 is 0. The monoisotopic (exact) mass is 416 g/mol. The second-order valence-corrected chi connectivity index (χ2v) is 10.7. The summed E-state index contributed by atoms with van der Waals surface area (Å²) in [6.45, 7) is 9.20. The van der Waals surface area contributed by atoms with Gasteiger partial charge >= 0.3 is 11.9 Å². The molecule has 4 rings (SSSR count). The summed E-state index contributed by atoms with van der Waals surface area (Å²) in [5.41, 5.74) is 0.651. The summed E-state index contributed by atoms with van der Waals surface area (Å²) in [5.74, 6) is 1.55. The van der Waals surface area contributed by atoms with E-state index >= 15 is 0 Å². The first-order valence-corrected chi connectivity index (χ1v) is 11.6. The first kappa shape index (κ1) is 21.6. The molecule has 0 aliphatic heterocycles. The number of carbonyl (C=O) groups is 3. The van der Waals surface area contributed by atoms with Gasteiger partial charge in [-0.05, 0) is 81.0 Å². The molecule has 0 saturated heterocycles. The van der Waals surface area contributed by atoms with Crippen LogP contribution >= 0.6 is 0 Å². The lowest BCUT2D eigenvalue weighted by Gasteiger charge is -2.62. The molecule has 166 valence electrons. The molecule has 0 bridgehead atoms. The maximum atomic E-state index is 12.5. The van der Waals surface area contributed by atoms with Gasteiger partial charge < -0.3 is 9.47 Å². The van der Waals surface area contributed by atoms with Crippen LogP contribution in [0.25, 0.3) is 0 Å². The Morgan fingerprint density at radius 2 is 1.63 bits per heavy atom. The average molecular weight is 417 g/mol. The zero-order valence-corrected chi connectivity index (χ0v) is 19.0. The minimum absolute atomic E-state index is 0.0349. The zero-order chi connectivity index (χ0) is 21.8. The largest absolute Gasteiger partial charge is 0.463 e. The van der Waals surface area contributed by atoms with E-state index in [1.807, 2.05) is 0 Å². The Kier molecular flexibility index (Phi) is 5.39. The number of Topliss-reactive ketones (excluding diaryl/α,β-unsaturated/α-hetero) is 1. The molecule has 3 fully saturated rings. The molecule has 0 aromatic heterocycles. The van der Waals surface area contributed by atoms with E-state index in [9.17, 15) is 14.4 Å². The number of allylic oxidation sites excluding steroid dienone is 1. The zero-order valence-electron chi connectivity index (χ0n) is 19.0. The van der Waals surface area contributed by atoms with Crippen LogP contribution in [0.1, 0.15) is 79.6 Å². The van der Waals surface area contributed by atoms with Crippen LogP contribution in [0.15, 0.2) is 11.6 Å². The van der Waals surface area contributed by atoms with Crippen molar-refractivity contribution in [3.05, 3.63) is 11.6 Å². The standard InChI is InChI=1S/C25H36O5/c1-14(26)20-8-9-21-19-7-6-17-12-18(29-15(2)27)10-11-24(17,4)22(19)13-23(25(20,21)5)30-16(3)28/h8,17-19,21-23H,6-7,9-13H2,1-5H3/t17-,18-,19-,21-,22-,23-,24-,25+/m0/s1. The molecule has 0 aromatic carbocycles. The van der Waals surface area contributed by atoms with E-state index < -0.39 is 0 Å². The van der Waals surface area contributed by atoms with Crippen molar-refractivity contribution in [2.75, 3.05) is 0 Å². The van der Waals surface area contributed by atoms with Crippen molar-refractivity contribution in [3.63, 3.8) is 0 Å². The van der Waals surface area contributed by atoms with Gasteiger partial charge in [0.05, 0.1) is 0 Å².